The third kappa shape index (κ3) is 5.81. The Balaban J connectivity index is 1.52. The second-order valence-corrected chi connectivity index (χ2v) is 12.4. The highest BCUT2D eigenvalue weighted by Crippen LogP contribution is 2.35. The highest BCUT2D eigenvalue weighted by atomic mass is 32.2. The lowest BCUT2D eigenvalue weighted by Crippen LogP contribution is -2.53. The summed E-state index contributed by atoms with van der Waals surface area (Å²) < 4.78 is 26.7. The molecule has 1 aliphatic carbocycles. The lowest BCUT2D eigenvalue weighted by molar-refractivity contribution is -0.133. The van der Waals surface area contributed by atoms with E-state index < -0.39 is 15.9 Å². The van der Waals surface area contributed by atoms with Crippen molar-refractivity contribution in [2.24, 2.45) is 5.92 Å². The predicted molar refractivity (Wildman–Crippen MR) is 140 cm³/mol. The van der Waals surface area contributed by atoms with Gasteiger partial charge in [0.15, 0.2) is 9.84 Å². The Morgan fingerprint density at radius 1 is 1.03 bits per heavy atom. The van der Waals surface area contributed by atoms with Crippen LogP contribution in [0.5, 0.6) is 0 Å². The van der Waals surface area contributed by atoms with Gasteiger partial charge >= 0.3 is 0 Å². The second-order valence-electron chi connectivity index (χ2n) is 10.4. The normalized spacial score (nSPS) is 24.9. The molecule has 2 aromatic carbocycles. The lowest BCUT2D eigenvalue weighted by Gasteiger charge is -2.44. The molecule has 2 aromatic rings. The molecule has 1 N–H and O–H groups in total. The molecule has 0 aromatic heterocycles. The van der Waals surface area contributed by atoms with E-state index in [0.29, 0.717) is 29.5 Å². The Bertz CT molecular complexity index is 1150. The van der Waals surface area contributed by atoms with Crippen LogP contribution in [0, 0.1) is 5.92 Å². The molecule has 4 atom stereocenters. The van der Waals surface area contributed by atoms with Crippen molar-refractivity contribution in [2.75, 3.05) is 19.3 Å². The summed E-state index contributed by atoms with van der Waals surface area (Å²) in [5.41, 5.74) is 0.521. The van der Waals surface area contributed by atoms with Gasteiger partial charge in [-0.1, -0.05) is 36.4 Å². The maximum absolute atomic E-state index is 13.4. The molecule has 194 valence electrons. The molecule has 36 heavy (non-hydrogen) atoms. The largest absolute Gasteiger partial charge is 0.340 e. The molecule has 0 bridgehead atoms. The maximum Gasteiger partial charge on any atom is 0.251 e. The smallest absolute Gasteiger partial charge is 0.251 e. The molecule has 4 rings (SSSR count). The molecule has 1 saturated heterocycles. The molecule has 7 nitrogen and oxygen atoms in total. The van der Waals surface area contributed by atoms with Crippen LogP contribution in [0.2, 0.25) is 0 Å². The number of hydrogen-bond acceptors (Lipinski definition) is 5. The first-order chi connectivity index (χ1) is 17.2. The fourth-order valence-corrected chi connectivity index (χ4v) is 7.29. The number of carbonyl (C=O) groups is 2. The standard InChI is InChI=1S/C28H37N3O4S/c1-20(2)30(3)23-14-15-26(22(18-23)19-36(34,35)24-12-8-5-9-13-24)31-17-16-25(28(31)33)29-27(32)21-10-6-4-7-11-21/h4-13,20,22-23,25-26H,14-19H2,1-3H3,(H,29,32)/t22-,23?,25+,26?/m0/s1. The van der Waals surface area contributed by atoms with E-state index in [4.69, 9.17) is 0 Å². The number of benzene rings is 2. The van der Waals surface area contributed by atoms with Crippen LogP contribution in [0.3, 0.4) is 0 Å². The Labute approximate surface area is 214 Å². The molecule has 1 saturated carbocycles. The summed E-state index contributed by atoms with van der Waals surface area (Å²) in [5.74, 6) is -0.541. The number of nitrogens with zero attached hydrogens (tertiary/aromatic N) is 2. The summed E-state index contributed by atoms with van der Waals surface area (Å²) in [7, 11) is -1.41. The molecular weight excluding hydrogens is 474 g/mol. The van der Waals surface area contributed by atoms with Crippen molar-refractivity contribution in [1.29, 1.82) is 0 Å². The minimum atomic E-state index is -3.50. The van der Waals surface area contributed by atoms with Gasteiger partial charge < -0.3 is 15.1 Å². The highest BCUT2D eigenvalue weighted by molar-refractivity contribution is 7.91. The summed E-state index contributed by atoms with van der Waals surface area (Å²) in [4.78, 5) is 30.6. The number of nitrogens with one attached hydrogen (secondary N) is 1. The van der Waals surface area contributed by atoms with Crippen molar-refractivity contribution >= 4 is 21.7 Å². The van der Waals surface area contributed by atoms with E-state index in [1.165, 1.54) is 0 Å². The summed E-state index contributed by atoms with van der Waals surface area (Å²) in [6.45, 7) is 4.81. The maximum atomic E-state index is 13.4. The molecular formula is C28H37N3O4S. The first kappa shape index (κ1) is 26.4. The van der Waals surface area contributed by atoms with E-state index in [2.05, 4.69) is 31.1 Å². The molecule has 0 spiro atoms. The first-order valence-corrected chi connectivity index (χ1v) is 14.5. The lowest BCUT2D eigenvalue weighted by atomic mass is 9.81. The van der Waals surface area contributed by atoms with Crippen LogP contribution in [-0.2, 0) is 14.6 Å². The van der Waals surface area contributed by atoms with Gasteiger partial charge in [0.25, 0.3) is 5.91 Å². The van der Waals surface area contributed by atoms with Gasteiger partial charge in [0.2, 0.25) is 5.91 Å². The highest BCUT2D eigenvalue weighted by Gasteiger charge is 2.44. The third-order valence-corrected chi connectivity index (χ3v) is 9.68. The van der Waals surface area contributed by atoms with Gasteiger partial charge in [0.05, 0.1) is 10.6 Å². The molecule has 1 aliphatic heterocycles. The summed E-state index contributed by atoms with van der Waals surface area (Å²) in [6, 6.07) is 17.3. The van der Waals surface area contributed by atoms with Crippen molar-refractivity contribution < 1.29 is 18.0 Å². The van der Waals surface area contributed by atoms with E-state index >= 15 is 0 Å². The van der Waals surface area contributed by atoms with E-state index in [-0.39, 0.29) is 35.6 Å². The number of amides is 2. The van der Waals surface area contributed by atoms with Gasteiger partial charge in [-0.15, -0.1) is 0 Å². The third-order valence-electron chi connectivity index (χ3n) is 7.82. The van der Waals surface area contributed by atoms with Crippen molar-refractivity contribution in [3.05, 3.63) is 66.2 Å². The molecule has 2 unspecified atom stereocenters. The van der Waals surface area contributed by atoms with Gasteiger partial charge in [0.1, 0.15) is 6.04 Å². The van der Waals surface area contributed by atoms with Gasteiger partial charge in [0, 0.05) is 30.2 Å². The average Bonchev–Trinajstić information content (AvgIpc) is 3.23. The minimum Gasteiger partial charge on any atom is -0.340 e. The van der Waals surface area contributed by atoms with Gasteiger partial charge in [-0.2, -0.15) is 0 Å². The summed E-state index contributed by atoms with van der Waals surface area (Å²) >= 11 is 0. The van der Waals surface area contributed by atoms with Crippen LogP contribution in [0.25, 0.3) is 0 Å². The number of likely N-dealkylation sites (tertiary alicyclic amines) is 1. The van der Waals surface area contributed by atoms with E-state index in [1.807, 2.05) is 17.0 Å². The van der Waals surface area contributed by atoms with Crippen molar-refractivity contribution in [3.8, 4) is 0 Å². The van der Waals surface area contributed by atoms with Crippen molar-refractivity contribution in [3.63, 3.8) is 0 Å². The second kappa shape index (κ2) is 11.1. The molecule has 1 heterocycles. The van der Waals surface area contributed by atoms with Gasteiger partial charge in [-0.3, -0.25) is 9.59 Å². The average molecular weight is 512 g/mol. The number of rotatable bonds is 8. The Morgan fingerprint density at radius 3 is 2.31 bits per heavy atom. The monoisotopic (exact) mass is 511 g/mol. The van der Waals surface area contributed by atoms with Gasteiger partial charge in [-0.05, 0) is 76.8 Å². The zero-order chi connectivity index (χ0) is 25.9. The van der Waals surface area contributed by atoms with Crippen LogP contribution in [0.15, 0.2) is 65.6 Å². The fraction of sp³-hybridized carbons (Fsp3) is 0.500. The molecule has 2 amide bonds. The Kier molecular flexibility index (Phi) is 8.15. The molecule has 2 aliphatic rings. The van der Waals surface area contributed by atoms with Crippen LogP contribution >= 0.6 is 0 Å². The van der Waals surface area contributed by atoms with Gasteiger partial charge in [-0.25, -0.2) is 8.42 Å². The number of hydrogen-bond donors (Lipinski definition) is 1. The molecule has 2 fully saturated rings. The van der Waals surface area contributed by atoms with Crippen LogP contribution in [0.4, 0.5) is 0 Å². The van der Waals surface area contributed by atoms with E-state index in [0.717, 1.165) is 19.3 Å². The first-order valence-electron chi connectivity index (χ1n) is 12.8. The zero-order valence-corrected chi connectivity index (χ0v) is 22.2. The van der Waals surface area contributed by atoms with E-state index in [9.17, 15) is 18.0 Å². The topological polar surface area (TPSA) is 86.8 Å². The predicted octanol–water partition coefficient (Wildman–Crippen LogP) is 3.37. The quantitative estimate of drug-likeness (QED) is 0.587. The fourth-order valence-electron chi connectivity index (χ4n) is 5.61. The van der Waals surface area contributed by atoms with Crippen LogP contribution in [0.1, 0.15) is 49.9 Å². The number of sulfone groups is 1. The van der Waals surface area contributed by atoms with E-state index in [1.54, 1.807) is 48.5 Å². The molecule has 8 heteroatoms. The summed E-state index contributed by atoms with van der Waals surface area (Å²) in [5, 5.41) is 2.89. The van der Waals surface area contributed by atoms with Crippen LogP contribution in [-0.4, -0.2) is 73.5 Å². The van der Waals surface area contributed by atoms with Crippen LogP contribution < -0.4 is 5.32 Å². The van der Waals surface area contributed by atoms with Crippen molar-refractivity contribution in [1.82, 2.24) is 15.1 Å². The molecule has 0 radical (unpaired) electrons. The Hall–Kier alpha value is -2.71. The Morgan fingerprint density at radius 2 is 1.67 bits per heavy atom. The zero-order valence-electron chi connectivity index (χ0n) is 21.3. The minimum absolute atomic E-state index is 0.00887. The summed E-state index contributed by atoms with van der Waals surface area (Å²) in [6.07, 6.45) is 2.91. The SMILES string of the molecule is CC(C)N(C)C1CCC(N2CC[C@@H](NC(=O)c3ccccc3)C2=O)[C@H](CS(=O)(=O)c2ccccc2)C1. The van der Waals surface area contributed by atoms with Crippen molar-refractivity contribution in [2.45, 2.75) is 68.6 Å². The number of carbonyl (C=O) groups excluding carboxylic acids is 2.